The minimum absolute atomic E-state index is 0. The van der Waals surface area contributed by atoms with Crippen LogP contribution < -0.4 is 16.0 Å². The minimum Gasteiger partial charge on any atom is -0.396 e. The van der Waals surface area contributed by atoms with Gasteiger partial charge in [-0.3, -0.25) is 9.79 Å². The normalized spacial score (nSPS) is 15.3. The van der Waals surface area contributed by atoms with Gasteiger partial charge in [-0.15, -0.1) is 24.0 Å². The van der Waals surface area contributed by atoms with Gasteiger partial charge < -0.3 is 21.1 Å². The zero-order valence-electron chi connectivity index (χ0n) is 17.5. The highest BCUT2D eigenvalue weighted by Gasteiger charge is 2.25. The molecule has 160 valence electrons. The lowest BCUT2D eigenvalue weighted by atomic mass is 9.79. The summed E-state index contributed by atoms with van der Waals surface area (Å²) in [5.74, 6) is 1.53. The van der Waals surface area contributed by atoms with E-state index in [1.54, 1.807) is 0 Å². The van der Waals surface area contributed by atoms with E-state index in [1.165, 1.54) is 25.7 Å². The Balaban J connectivity index is 0.00000676. The lowest BCUT2D eigenvalue weighted by Gasteiger charge is -2.29. The largest absolute Gasteiger partial charge is 0.396 e. The van der Waals surface area contributed by atoms with E-state index in [9.17, 15) is 9.90 Å². The molecule has 1 fully saturated rings. The molecule has 1 rings (SSSR count). The van der Waals surface area contributed by atoms with Gasteiger partial charge in [-0.2, -0.15) is 0 Å². The first-order chi connectivity index (χ1) is 12.6. The number of nitrogens with one attached hydrogen (secondary N) is 3. The maximum atomic E-state index is 12.0. The average Bonchev–Trinajstić information content (AvgIpc) is 3.15. The minimum atomic E-state index is 0. The lowest BCUT2D eigenvalue weighted by Crippen LogP contribution is -2.42. The number of hydrogen-bond acceptors (Lipinski definition) is 3. The molecule has 0 saturated heterocycles. The van der Waals surface area contributed by atoms with Crippen molar-refractivity contribution in [3.8, 4) is 0 Å². The number of rotatable bonds is 12. The molecule has 1 amide bonds. The fraction of sp³-hybridized carbons (Fsp3) is 0.900. The zero-order valence-corrected chi connectivity index (χ0v) is 19.8. The number of halogens is 1. The summed E-state index contributed by atoms with van der Waals surface area (Å²) in [5.41, 5.74) is 0.0621. The van der Waals surface area contributed by atoms with Gasteiger partial charge in [-0.05, 0) is 50.4 Å². The van der Waals surface area contributed by atoms with Crippen molar-refractivity contribution in [3.05, 3.63) is 0 Å². The smallest absolute Gasteiger partial charge is 0.220 e. The van der Waals surface area contributed by atoms with Gasteiger partial charge in [0, 0.05) is 39.2 Å². The van der Waals surface area contributed by atoms with Crippen LogP contribution in [0, 0.1) is 11.3 Å². The second-order valence-corrected chi connectivity index (χ2v) is 7.51. The van der Waals surface area contributed by atoms with Gasteiger partial charge in [0.1, 0.15) is 0 Å². The molecule has 27 heavy (non-hydrogen) atoms. The topological polar surface area (TPSA) is 85.8 Å². The number of nitrogens with zero attached hydrogens (tertiary/aromatic N) is 1. The Morgan fingerprint density at radius 2 is 1.70 bits per heavy atom. The Bertz CT molecular complexity index is 422. The summed E-state index contributed by atoms with van der Waals surface area (Å²) in [7, 11) is 0. The summed E-state index contributed by atoms with van der Waals surface area (Å²) < 4.78 is 0. The van der Waals surface area contributed by atoms with Crippen molar-refractivity contribution in [1.82, 2.24) is 16.0 Å². The number of carbonyl (C=O) groups excluding carboxylic acids is 1. The average molecular weight is 496 g/mol. The number of aliphatic hydroxyl groups is 1. The molecule has 0 bridgehead atoms. The summed E-state index contributed by atoms with van der Waals surface area (Å²) >= 11 is 0. The number of aliphatic hydroxyl groups excluding tert-OH is 1. The molecule has 4 N–H and O–H groups in total. The maximum Gasteiger partial charge on any atom is 0.220 e. The fourth-order valence-electron chi connectivity index (χ4n) is 3.66. The van der Waals surface area contributed by atoms with Gasteiger partial charge in [0.2, 0.25) is 5.91 Å². The van der Waals surface area contributed by atoms with Crippen LogP contribution in [-0.2, 0) is 4.79 Å². The fourth-order valence-corrected chi connectivity index (χ4v) is 3.66. The first-order valence-corrected chi connectivity index (χ1v) is 10.5. The molecule has 0 atom stereocenters. The molecule has 7 heteroatoms. The van der Waals surface area contributed by atoms with Crippen LogP contribution in [0.2, 0.25) is 0 Å². The molecule has 1 aliphatic rings. The summed E-state index contributed by atoms with van der Waals surface area (Å²) in [6.45, 7) is 9.33. The van der Waals surface area contributed by atoms with Crippen molar-refractivity contribution in [1.29, 1.82) is 0 Å². The predicted molar refractivity (Wildman–Crippen MR) is 124 cm³/mol. The van der Waals surface area contributed by atoms with Gasteiger partial charge in [0.15, 0.2) is 5.96 Å². The van der Waals surface area contributed by atoms with Gasteiger partial charge in [-0.25, -0.2) is 0 Å². The Hall–Kier alpha value is -0.570. The van der Waals surface area contributed by atoms with Crippen LogP contribution in [0.15, 0.2) is 4.99 Å². The van der Waals surface area contributed by atoms with E-state index in [4.69, 9.17) is 4.99 Å². The molecule has 0 aromatic rings. The molecule has 0 aromatic heterocycles. The lowest BCUT2D eigenvalue weighted by molar-refractivity contribution is -0.121. The molecule has 0 radical (unpaired) electrons. The van der Waals surface area contributed by atoms with E-state index < -0.39 is 0 Å². The van der Waals surface area contributed by atoms with E-state index >= 15 is 0 Å². The van der Waals surface area contributed by atoms with E-state index in [1.807, 2.05) is 6.92 Å². The number of guanidine groups is 1. The number of carbonyl (C=O) groups is 1. The van der Waals surface area contributed by atoms with E-state index in [0.29, 0.717) is 32.0 Å². The van der Waals surface area contributed by atoms with Crippen molar-refractivity contribution in [3.63, 3.8) is 0 Å². The Kier molecular flexibility index (Phi) is 15.0. The van der Waals surface area contributed by atoms with Crippen LogP contribution >= 0.6 is 24.0 Å². The summed E-state index contributed by atoms with van der Waals surface area (Å²) in [6.07, 6.45) is 8.41. The summed E-state index contributed by atoms with van der Waals surface area (Å²) in [4.78, 5) is 16.7. The number of hydrogen-bond donors (Lipinski definition) is 4. The van der Waals surface area contributed by atoms with E-state index in [2.05, 4.69) is 29.8 Å². The highest BCUT2D eigenvalue weighted by atomic mass is 127. The standard InChI is InChI=1S/C20H40N4O2.HI/c1-4-20(5-2,11-14-25)16-24-19(21-6-3)23-13-12-22-18(26)15-17-9-7-8-10-17;/h17,25H,4-16H2,1-3H3,(H,22,26)(H2,21,23,24);1H. The third-order valence-electron chi connectivity index (χ3n) is 5.75. The Morgan fingerprint density at radius 3 is 2.26 bits per heavy atom. The monoisotopic (exact) mass is 496 g/mol. The molecule has 1 aliphatic carbocycles. The van der Waals surface area contributed by atoms with Crippen molar-refractivity contribution in [2.24, 2.45) is 16.3 Å². The van der Waals surface area contributed by atoms with Gasteiger partial charge in [-0.1, -0.05) is 26.7 Å². The molecule has 0 unspecified atom stereocenters. The second-order valence-electron chi connectivity index (χ2n) is 7.51. The number of amides is 1. The van der Waals surface area contributed by atoms with Crippen LogP contribution in [0.1, 0.15) is 72.1 Å². The van der Waals surface area contributed by atoms with Crippen molar-refractivity contribution >= 4 is 35.8 Å². The van der Waals surface area contributed by atoms with E-state index in [-0.39, 0.29) is 41.9 Å². The molecular formula is C20H41IN4O2. The van der Waals surface area contributed by atoms with Crippen molar-refractivity contribution < 1.29 is 9.90 Å². The quantitative estimate of drug-likeness (QED) is 0.145. The summed E-state index contributed by atoms with van der Waals surface area (Å²) in [5, 5.41) is 18.9. The molecule has 0 spiro atoms. The van der Waals surface area contributed by atoms with E-state index in [0.717, 1.165) is 31.8 Å². The highest BCUT2D eigenvalue weighted by Crippen LogP contribution is 2.30. The third-order valence-corrected chi connectivity index (χ3v) is 5.75. The Morgan fingerprint density at radius 1 is 1.07 bits per heavy atom. The maximum absolute atomic E-state index is 12.0. The highest BCUT2D eigenvalue weighted by molar-refractivity contribution is 14.0. The van der Waals surface area contributed by atoms with Gasteiger partial charge in [0.05, 0.1) is 0 Å². The summed E-state index contributed by atoms with van der Waals surface area (Å²) in [6, 6.07) is 0. The SMILES string of the molecule is CCNC(=NCC(CC)(CC)CCO)NCCNC(=O)CC1CCCC1.I. The van der Waals surface area contributed by atoms with Crippen LogP contribution in [0.4, 0.5) is 0 Å². The van der Waals surface area contributed by atoms with Crippen molar-refractivity contribution in [2.75, 3.05) is 32.8 Å². The van der Waals surface area contributed by atoms with Crippen LogP contribution in [-0.4, -0.2) is 49.8 Å². The molecule has 1 saturated carbocycles. The second kappa shape index (κ2) is 15.4. The first kappa shape index (κ1) is 26.4. The molecular weight excluding hydrogens is 455 g/mol. The van der Waals surface area contributed by atoms with Crippen LogP contribution in [0.3, 0.4) is 0 Å². The Labute approximate surface area is 182 Å². The molecule has 6 nitrogen and oxygen atoms in total. The zero-order chi connectivity index (χ0) is 19.3. The predicted octanol–water partition coefficient (Wildman–Crippen LogP) is 3.04. The van der Waals surface area contributed by atoms with Gasteiger partial charge >= 0.3 is 0 Å². The van der Waals surface area contributed by atoms with Crippen LogP contribution in [0.25, 0.3) is 0 Å². The van der Waals surface area contributed by atoms with Gasteiger partial charge in [0.25, 0.3) is 0 Å². The van der Waals surface area contributed by atoms with Crippen LogP contribution in [0.5, 0.6) is 0 Å². The third kappa shape index (κ3) is 10.5. The van der Waals surface area contributed by atoms with Crippen molar-refractivity contribution in [2.45, 2.75) is 72.1 Å². The number of aliphatic imine (C=N–C) groups is 1. The molecule has 0 aliphatic heterocycles. The first-order valence-electron chi connectivity index (χ1n) is 10.5. The molecule has 0 aromatic carbocycles. The molecule has 0 heterocycles.